The Kier molecular flexibility index (Phi) is 2.48. The molecule has 3 nitrogen and oxygen atoms in total. The summed E-state index contributed by atoms with van der Waals surface area (Å²) in [4.78, 5) is 4.82. The molecule has 0 N–H and O–H groups in total. The van der Waals surface area contributed by atoms with Crippen LogP contribution in [0, 0.1) is 0 Å². The van der Waals surface area contributed by atoms with E-state index in [2.05, 4.69) is 16.8 Å². The molecule has 0 radical (unpaired) electrons. The van der Waals surface area contributed by atoms with Gasteiger partial charge in [-0.2, -0.15) is 0 Å². The molecule has 0 aliphatic carbocycles. The van der Waals surface area contributed by atoms with Gasteiger partial charge >= 0.3 is 0 Å². The van der Waals surface area contributed by atoms with E-state index in [1.165, 1.54) is 13.1 Å². The van der Waals surface area contributed by atoms with Gasteiger partial charge in [0.15, 0.2) is 0 Å². The zero-order valence-corrected chi connectivity index (χ0v) is 8.35. The van der Waals surface area contributed by atoms with E-state index in [-0.39, 0.29) is 0 Å². The van der Waals surface area contributed by atoms with Gasteiger partial charge in [-0.3, -0.25) is 9.11 Å². The van der Waals surface area contributed by atoms with Gasteiger partial charge in [0.2, 0.25) is 0 Å². The number of likely N-dealkylation sites (N-methyl/N-ethyl adjacent to an activating group) is 1. The molecule has 0 amide bonds. The predicted octanol–water partition coefficient (Wildman–Crippen LogP) is -0.635. The fourth-order valence-corrected chi connectivity index (χ4v) is 2.99. The molecule has 0 spiro atoms. The number of nitrogens with zero attached hydrogens (tertiary/aromatic N) is 2. The molecular weight excluding hydrogens is 172 g/mol. The smallest absolute Gasteiger partial charge is 0.0363 e. The Bertz CT molecular complexity index is 181. The van der Waals surface area contributed by atoms with Crippen LogP contribution < -0.4 is 0 Å². The maximum atomic E-state index is 11.1. The molecule has 0 aromatic heterocycles. The monoisotopic (exact) mass is 188 g/mol. The quantitative estimate of drug-likeness (QED) is 0.547. The number of hydrogen-bond acceptors (Lipinski definition) is 3. The summed E-state index contributed by atoms with van der Waals surface area (Å²) in [5.41, 5.74) is 0. The highest BCUT2D eigenvalue weighted by atomic mass is 32.2. The molecule has 2 rings (SSSR count). The van der Waals surface area contributed by atoms with Crippen LogP contribution in [0.15, 0.2) is 0 Å². The third-order valence-corrected chi connectivity index (χ3v) is 4.05. The topological polar surface area (TPSA) is 23.6 Å². The van der Waals surface area contributed by atoms with Gasteiger partial charge in [-0.1, -0.05) is 0 Å². The third-order valence-electron chi connectivity index (χ3n) is 2.77. The summed E-state index contributed by atoms with van der Waals surface area (Å²) in [6.07, 6.45) is 0. The second-order valence-corrected chi connectivity index (χ2v) is 5.46. The van der Waals surface area contributed by atoms with Gasteiger partial charge in [-0.15, -0.1) is 0 Å². The van der Waals surface area contributed by atoms with Crippen molar-refractivity contribution in [2.24, 2.45) is 0 Å². The normalized spacial score (nSPS) is 30.4. The molecule has 0 unspecified atom stereocenters. The highest BCUT2D eigenvalue weighted by molar-refractivity contribution is 7.85. The van der Waals surface area contributed by atoms with Gasteiger partial charge in [0.25, 0.3) is 0 Å². The lowest BCUT2D eigenvalue weighted by Gasteiger charge is -2.44. The van der Waals surface area contributed by atoms with Crippen molar-refractivity contribution >= 4 is 10.8 Å². The van der Waals surface area contributed by atoms with Gasteiger partial charge in [0.05, 0.1) is 0 Å². The van der Waals surface area contributed by atoms with Crippen LogP contribution in [0.2, 0.25) is 0 Å². The number of rotatable bonds is 1. The maximum Gasteiger partial charge on any atom is 0.0363 e. The van der Waals surface area contributed by atoms with Gasteiger partial charge < -0.3 is 4.90 Å². The summed E-state index contributed by atoms with van der Waals surface area (Å²) in [6, 6.07) is 0.757. The van der Waals surface area contributed by atoms with Crippen LogP contribution in [-0.2, 0) is 10.8 Å². The van der Waals surface area contributed by atoms with E-state index >= 15 is 0 Å². The molecule has 0 aromatic carbocycles. The fourth-order valence-electron chi connectivity index (χ4n) is 1.91. The minimum Gasteiger partial charge on any atom is -0.303 e. The molecule has 0 saturated carbocycles. The molecule has 0 atom stereocenters. The molecule has 2 saturated heterocycles. The van der Waals surface area contributed by atoms with E-state index in [4.69, 9.17) is 0 Å². The summed E-state index contributed by atoms with van der Waals surface area (Å²) in [7, 11) is 1.63. The summed E-state index contributed by atoms with van der Waals surface area (Å²) in [5.74, 6) is 1.78. The highest BCUT2D eigenvalue weighted by Crippen LogP contribution is 2.14. The van der Waals surface area contributed by atoms with E-state index in [9.17, 15) is 4.21 Å². The lowest BCUT2D eigenvalue weighted by atomic mass is 10.1. The SMILES string of the molecule is CN1CC(N2CCS(=O)CC2)C1. The van der Waals surface area contributed by atoms with Crippen molar-refractivity contribution in [2.45, 2.75) is 6.04 Å². The molecule has 2 aliphatic heterocycles. The Hall–Kier alpha value is 0.0700. The van der Waals surface area contributed by atoms with Crippen molar-refractivity contribution in [3.63, 3.8) is 0 Å². The van der Waals surface area contributed by atoms with Gasteiger partial charge in [0, 0.05) is 54.5 Å². The first-order chi connectivity index (χ1) is 5.75. The average Bonchev–Trinajstić information content (AvgIpc) is 2.01. The first-order valence-electron chi connectivity index (χ1n) is 4.53. The van der Waals surface area contributed by atoms with Crippen LogP contribution in [0.5, 0.6) is 0 Å². The second kappa shape index (κ2) is 3.44. The lowest BCUT2D eigenvalue weighted by molar-refractivity contribution is 0.0590. The summed E-state index contributed by atoms with van der Waals surface area (Å²) >= 11 is 0. The fraction of sp³-hybridized carbons (Fsp3) is 1.00. The van der Waals surface area contributed by atoms with Crippen molar-refractivity contribution in [2.75, 3.05) is 44.7 Å². The predicted molar refractivity (Wildman–Crippen MR) is 50.7 cm³/mol. The summed E-state index contributed by atoms with van der Waals surface area (Å²) < 4.78 is 11.1. The molecule has 12 heavy (non-hydrogen) atoms. The lowest BCUT2D eigenvalue weighted by Crippen LogP contribution is -2.60. The van der Waals surface area contributed by atoms with Crippen LogP contribution >= 0.6 is 0 Å². The van der Waals surface area contributed by atoms with Crippen molar-refractivity contribution in [3.05, 3.63) is 0 Å². The summed E-state index contributed by atoms with van der Waals surface area (Å²) in [5, 5.41) is 0. The standard InChI is InChI=1S/C8H16N2OS/c1-9-6-8(7-9)10-2-4-12(11)5-3-10/h8H,2-7H2,1H3. The zero-order chi connectivity index (χ0) is 8.55. The Balaban J connectivity index is 1.79. The van der Waals surface area contributed by atoms with Crippen molar-refractivity contribution in [3.8, 4) is 0 Å². The largest absolute Gasteiger partial charge is 0.303 e. The van der Waals surface area contributed by atoms with E-state index in [0.717, 1.165) is 30.6 Å². The molecule has 2 aliphatic rings. The van der Waals surface area contributed by atoms with Crippen molar-refractivity contribution < 1.29 is 4.21 Å². The molecule has 0 aromatic rings. The van der Waals surface area contributed by atoms with Crippen molar-refractivity contribution in [1.82, 2.24) is 9.80 Å². The minimum absolute atomic E-state index is 0.519. The van der Waals surface area contributed by atoms with Gasteiger partial charge in [0.1, 0.15) is 0 Å². The Morgan fingerprint density at radius 1 is 1.25 bits per heavy atom. The number of hydrogen-bond donors (Lipinski definition) is 0. The molecular formula is C8H16N2OS. The van der Waals surface area contributed by atoms with Crippen LogP contribution in [0.4, 0.5) is 0 Å². The van der Waals surface area contributed by atoms with E-state index in [1.54, 1.807) is 0 Å². The maximum absolute atomic E-state index is 11.1. The Labute approximate surface area is 76.2 Å². The van der Waals surface area contributed by atoms with E-state index in [0.29, 0.717) is 0 Å². The van der Waals surface area contributed by atoms with E-state index in [1.807, 2.05) is 0 Å². The zero-order valence-electron chi connectivity index (χ0n) is 7.53. The van der Waals surface area contributed by atoms with Crippen LogP contribution in [0.1, 0.15) is 0 Å². The van der Waals surface area contributed by atoms with Crippen LogP contribution in [0.3, 0.4) is 0 Å². The van der Waals surface area contributed by atoms with Crippen LogP contribution in [0.25, 0.3) is 0 Å². The summed E-state index contributed by atoms with van der Waals surface area (Å²) in [6.45, 7) is 4.50. The number of likely N-dealkylation sites (tertiary alicyclic amines) is 1. The van der Waals surface area contributed by atoms with Crippen LogP contribution in [-0.4, -0.2) is 64.8 Å². The average molecular weight is 188 g/mol. The molecule has 0 bridgehead atoms. The Morgan fingerprint density at radius 2 is 1.83 bits per heavy atom. The van der Waals surface area contributed by atoms with Gasteiger partial charge in [-0.05, 0) is 7.05 Å². The molecule has 2 heterocycles. The molecule has 4 heteroatoms. The van der Waals surface area contributed by atoms with Crippen molar-refractivity contribution in [1.29, 1.82) is 0 Å². The first kappa shape index (κ1) is 8.66. The molecule has 2 fully saturated rings. The second-order valence-electron chi connectivity index (χ2n) is 3.76. The Morgan fingerprint density at radius 3 is 2.33 bits per heavy atom. The highest BCUT2D eigenvalue weighted by Gasteiger charge is 2.30. The molecule has 70 valence electrons. The minimum atomic E-state index is -0.519. The van der Waals surface area contributed by atoms with Gasteiger partial charge in [-0.25, -0.2) is 0 Å². The third kappa shape index (κ3) is 1.70. The van der Waals surface area contributed by atoms with E-state index < -0.39 is 10.8 Å². The first-order valence-corrected chi connectivity index (χ1v) is 6.02.